The number of aryl methyl sites for hydroxylation is 1. The number of carbonyl (C=O) groups excluding carboxylic acids is 2. The van der Waals surface area contributed by atoms with E-state index in [0.717, 1.165) is 23.1 Å². The van der Waals surface area contributed by atoms with Gasteiger partial charge in [0, 0.05) is 19.0 Å². The van der Waals surface area contributed by atoms with Crippen molar-refractivity contribution >= 4 is 17.5 Å². The first kappa shape index (κ1) is 31.4. The third-order valence-corrected chi connectivity index (χ3v) is 9.22. The van der Waals surface area contributed by atoms with E-state index in [-0.39, 0.29) is 23.2 Å². The third kappa shape index (κ3) is 6.42. The molecule has 0 aromatic heterocycles. The second-order valence-corrected chi connectivity index (χ2v) is 12.7. The van der Waals surface area contributed by atoms with Gasteiger partial charge in [-0.25, -0.2) is 0 Å². The fourth-order valence-corrected chi connectivity index (χ4v) is 7.20. The molecule has 0 saturated heterocycles. The molecule has 0 unspecified atom stereocenters. The molecular weight excluding hydrogens is 558 g/mol. The topological polar surface area (TPSA) is 115 Å². The van der Waals surface area contributed by atoms with Gasteiger partial charge in [0.05, 0.1) is 33.1 Å². The van der Waals surface area contributed by atoms with Gasteiger partial charge in [-0.1, -0.05) is 32.1 Å². The highest BCUT2D eigenvalue weighted by atomic mass is 16.5. The molecule has 1 fully saturated rings. The van der Waals surface area contributed by atoms with Crippen molar-refractivity contribution in [2.24, 2.45) is 23.7 Å². The van der Waals surface area contributed by atoms with E-state index in [1.807, 2.05) is 12.1 Å². The van der Waals surface area contributed by atoms with Crippen LogP contribution in [-0.2, 0) is 16.0 Å². The van der Waals surface area contributed by atoms with Crippen LogP contribution in [0.1, 0.15) is 63.6 Å². The van der Waals surface area contributed by atoms with E-state index < -0.39 is 12.1 Å². The Morgan fingerprint density at radius 2 is 1.77 bits per heavy atom. The minimum atomic E-state index is -0.573. The van der Waals surface area contributed by atoms with Crippen molar-refractivity contribution in [2.45, 2.75) is 65.0 Å². The van der Waals surface area contributed by atoms with Gasteiger partial charge in [0.2, 0.25) is 23.0 Å². The highest BCUT2D eigenvalue weighted by molar-refractivity contribution is 5.86. The van der Waals surface area contributed by atoms with Gasteiger partial charge in [0.1, 0.15) is 6.04 Å². The molecule has 0 spiro atoms. The number of carbonyl (C=O) groups is 2. The first-order valence-electron chi connectivity index (χ1n) is 15.6. The predicted molar refractivity (Wildman–Crippen MR) is 171 cm³/mol. The molecule has 0 aliphatic heterocycles. The lowest BCUT2D eigenvalue weighted by molar-refractivity contribution is -0.122. The summed E-state index contributed by atoms with van der Waals surface area (Å²) in [4.78, 5) is 39.6. The maximum absolute atomic E-state index is 13.8. The zero-order valence-corrected chi connectivity index (χ0v) is 26.6. The van der Waals surface area contributed by atoms with Gasteiger partial charge in [-0.15, -0.1) is 0 Å². The Morgan fingerprint density at radius 3 is 2.39 bits per heavy atom. The van der Waals surface area contributed by atoms with Crippen LogP contribution in [0.4, 0.5) is 5.69 Å². The van der Waals surface area contributed by atoms with Gasteiger partial charge < -0.3 is 30.2 Å². The summed E-state index contributed by atoms with van der Waals surface area (Å²) in [6.07, 6.45) is 8.65. The highest BCUT2D eigenvalue weighted by Gasteiger charge is 2.36. The van der Waals surface area contributed by atoms with E-state index >= 15 is 0 Å². The van der Waals surface area contributed by atoms with E-state index in [0.29, 0.717) is 72.1 Å². The fourth-order valence-electron chi connectivity index (χ4n) is 7.20. The molecule has 44 heavy (non-hydrogen) atoms. The Hall–Kier alpha value is -4.01. The number of ether oxygens (including phenoxy) is 3. The number of rotatable bonds is 11. The van der Waals surface area contributed by atoms with E-state index in [1.165, 1.54) is 13.3 Å². The Labute approximate surface area is 259 Å². The summed E-state index contributed by atoms with van der Waals surface area (Å²) < 4.78 is 17.2. The monoisotopic (exact) mass is 603 g/mol. The quantitative estimate of drug-likeness (QED) is 0.309. The molecule has 5 atom stereocenters. The molecule has 2 aromatic carbocycles. The zero-order chi connectivity index (χ0) is 31.5. The number of benzene rings is 1. The molecule has 2 amide bonds. The number of allylic oxidation sites excluding steroid dienone is 2. The van der Waals surface area contributed by atoms with Gasteiger partial charge >= 0.3 is 0 Å². The molecular formula is C35H45N3O6. The Bertz CT molecular complexity index is 1500. The van der Waals surface area contributed by atoms with Crippen LogP contribution in [0.5, 0.6) is 17.2 Å². The van der Waals surface area contributed by atoms with Gasteiger partial charge in [0.25, 0.3) is 0 Å². The van der Waals surface area contributed by atoms with Gasteiger partial charge in [-0.3, -0.25) is 14.4 Å². The Morgan fingerprint density at radius 1 is 1.00 bits per heavy atom. The number of anilines is 1. The Kier molecular flexibility index (Phi) is 9.51. The standard InChI is InChI=1S/C35H45N3O6/c1-19(2)13-29(35(41)36-18-24-15-21-7-8-22(24)14-21)38-28-12-10-25-26(17-30(28)40)27(37-20(3)39)11-9-23-16-31(42-4)33(43-5)34(44-6)32(23)25/h7-8,10,12,16-17,19,21-22,24,27,29H,9,11,13-15,18H2,1-6H3,(H,36,41)(H,37,39)(H,38,40)/t21-,22-,24+,27-,29+/m0/s1. The van der Waals surface area contributed by atoms with Crippen molar-refractivity contribution < 1.29 is 23.8 Å². The van der Waals surface area contributed by atoms with Gasteiger partial charge in [0.15, 0.2) is 11.5 Å². The molecule has 236 valence electrons. The summed E-state index contributed by atoms with van der Waals surface area (Å²) in [7, 11) is 4.71. The minimum absolute atomic E-state index is 0.0992. The molecule has 0 heterocycles. The van der Waals surface area contributed by atoms with Crippen molar-refractivity contribution in [3.05, 3.63) is 57.8 Å². The van der Waals surface area contributed by atoms with Crippen molar-refractivity contribution in [1.29, 1.82) is 0 Å². The summed E-state index contributed by atoms with van der Waals surface area (Å²) in [5, 5.41) is 9.51. The number of amides is 2. The molecule has 0 radical (unpaired) electrons. The molecule has 3 N–H and O–H groups in total. The predicted octanol–water partition coefficient (Wildman–Crippen LogP) is 5.02. The largest absolute Gasteiger partial charge is 0.493 e. The average Bonchev–Trinajstić information content (AvgIpc) is 3.55. The molecule has 9 heteroatoms. The second-order valence-electron chi connectivity index (χ2n) is 12.7. The maximum atomic E-state index is 13.8. The summed E-state index contributed by atoms with van der Waals surface area (Å²) in [6, 6.07) is 6.13. The van der Waals surface area contributed by atoms with Crippen LogP contribution in [0.25, 0.3) is 11.1 Å². The van der Waals surface area contributed by atoms with Crippen molar-refractivity contribution in [3.8, 4) is 28.4 Å². The van der Waals surface area contributed by atoms with Crippen LogP contribution in [0.15, 0.2) is 41.2 Å². The van der Waals surface area contributed by atoms with E-state index in [4.69, 9.17) is 14.2 Å². The molecule has 3 aliphatic rings. The lowest BCUT2D eigenvalue weighted by Gasteiger charge is -2.23. The van der Waals surface area contributed by atoms with E-state index in [9.17, 15) is 14.4 Å². The number of hydrogen-bond acceptors (Lipinski definition) is 7. The fraction of sp³-hybridized carbons (Fsp3) is 0.514. The molecule has 1 saturated carbocycles. The maximum Gasteiger partial charge on any atom is 0.242 e. The average molecular weight is 604 g/mol. The van der Waals surface area contributed by atoms with Crippen molar-refractivity contribution in [1.82, 2.24) is 10.6 Å². The van der Waals surface area contributed by atoms with E-state index in [2.05, 4.69) is 41.9 Å². The van der Waals surface area contributed by atoms with Crippen LogP contribution >= 0.6 is 0 Å². The van der Waals surface area contributed by atoms with Crippen LogP contribution in [0.2, 0.25) is 0 Å². The number of methoxy groups -OCH3 is 3. The first-order valence-corrected chi connectivity index (χ1v) is 15.6. The normalized spacial score (nSPS) is 22.0. The first-order chi connectivity index (χ1) is 21.1. The molecule has 9 nitrogen and oxygen atoms in total. The van der Waals surface area contributed by atoms with Crippen molar-refractivity contribution in [3.63, 3.8) is 0 Å². The summed E-state index contributed by atoms with van der Waals surface area (Å²) in [6.45, 7) is 6.25. The van der Waals surface area contributed by atoms with Gasteiger partial charge in [-0.05, 0) is 90.7 Å². The molecule has 2 aromatic rings. The van der Waals surface area contributed by atoms with Crippen LogP contribution in [0, 0.1) is 23.7 Å². The third-order valence-electron chi connectivity index (χ3n) is 9.22. The SMILES string of the molecule is COc1cc2c(c(OC)c1OC)-c1ccc(N[C@H](CC(C)C)C(=O)NC[C@H]3C[C@H]4C=C[C@H]3C4)c(=O)cc1[C@@H](NC(C)=O)CC2. The van der Waals surface area contributed by atoms with Crippen molar-refractivity contribution in [2.75, 3.05) is 33.2 Å². The minimum Gasteiger partial charge on any atom is -0.493 e. The zero-order valence-electron chi connectivity index (χ0n) is 26.6. The summed E-state index contributed by atoms with van der Waals surface area (Å²) in [5.41, 5.74) is 3.22. The molecule has 5 rings (SSSR count). The lowest BCUT2D eigenvalue weighted by atomic mass is 9.93. The number of nitrogens with one attached hydrogen (secondary N) is 3. The highest BCUT2D eigenvalue weighted by Crippen LogP contribution is 2.50. The van der Waals surface area contributed by atoms with Gasteiger partial charge in [-0.2, -0.15) is 0 Å². The smallest absolute Gasteiger partial charge is 0.242 e. The van der Waals surface area contributed by atoms with Crippen LogP contribution < -0.4 is 35.6 Å². The Balaban J connectivity index is 1.53. The lowest BCUT2D eigenvalue weighted by Crippen LogP contribution is -2.43. The summed E-state index contributed by atoms with van der Waals surface area (Å²) >= 11 is 0. The number of fused-ring (bicyclic) bond motifs is 5. The number of hydrogen-bond donors (Lipinski definition) is 3. The summed E-state index contributed by atoms with van der Waals surface area (Å²) in [5.74, 6) is 3.07. The van der Waals surface area contributed by atoms with E-state index in [1.54, 1.807) is 33.5 Å². The molecule has 3 aliphatic carbocycles. The van der Waals surface area contributed by atoms with Crippen LogP contribution in [-0.4, -0.2) is 45.7 Å². The molecule has 2 bridgehead atoms. The second kappa shape index (κ2) is 13.3. The van der Waals surface area contributed by atoms with Crippen LogP contribution in [0.3, 0.4) is 0 Å².